The van der Waals surface area contributed by atoms with Crippen LogP contribution >= 0.6 is 11.3 Å². The van der Waals surface area contributed by atoms with E-state index < -0.39 is 5.97 Å². The molecule has 6 heteroatoms. The highest BCUT2D eigenvalue weighted by molar-refractivity contribution is 7.14. The van der Waals surface area contributed by atoms with Crippen LogP contribution in [0.2, 0.25) is 0 Å². The van der Waals surface area contributed by atoms with Gasteiger partial charge in [0.2, 0.25) is 5.91 Å². The van der Waals surface area contributed by atoms with Crippen LogP contribution in [0.3, 0.4) is 0 Å². The Morgan fingerprint density at radius 3 is 2.76 bits per heavy atom. The van der Waals surface area contributed by atoms with E-state index in [0.29, 0.717) is 31.1 Å². The van der Waals surface area contributed by atoms with Gasteiger partial charge in [-0.3, -0.25) is 4.79 Å². The number of carbonyl (C=O) groups is 2. The Bertz CT molecular complexity index is 423. The third kappa shape index (κ3) is 2.83. The summed E-state index contributed by atoms with van der Waals surface area (Å²) in [4.78, 5) is 22.8. The summed E-state index contributed by atoms with van der Waals surface area (Å²) in [7, 11) is 0. The van der Waals surface area contributed by atoms with Crippen molar-refractivity contribution in [2.45, 2.75) is 12.8 Å². The third-order valence-electron chi connectivity index (χ3n) is 2.72. The molecule has 92 valence electrons. The zero-order valence-electron chi connectivity index (χ0n) is 9.14. The number of carbonyl (C=O) groups excluding carboxylic acids is 1. The zero-order valence-corrected chi connectivity index (χ0v) is 9.96. The second-order valence-corrected chi connectivity index (χ2v) is 4.76. The van der Waals surface area contributed by atoms with E-state index in [0.717, 1.165) is 0 Å². The average molecular weight is 255 g/mol. The summed E-state index contributed by atoms with van der Waals surface area (Å²) in [6.45, 7) is 1.18. The highest BCUT2D eigenvalue weighted by Gasteiger charge is 2.23. The number of anilines is 1. The lowest BCUT2D eigenvalue weighted by atomic mass is 9.99. The minimum atomic E-state index is -1.02. The number of carboxylic acids is 1. The second-order valence-electron chi connectivity index (χ2n) is 3.84. The number of thiophene rings is 1. The van der Waals surface area contributed by atoms with E-state index in [1.807, 2.05) is 0 Å². The standard InChI is InChI=1S/C11H13NO4S/c13-9(7-1-4-16-5-2-7)12-10-8(11(14)15)3-6-17-10/h3,6-7H,1-2,4-5H2,(H,12,13)(H,14,15). The number of carboxylic acid groups (broad SMARTS) is 1. The molecule has 0 spiro atoms. The first-order valence-electron chi connectivity index (χ1n) is 5.38. The predicted octanol–water partition coefficient (Wildman–Crippen LogP) is 1.81. The molecule has 1 amide bonds. The van der Waals surface area contributed by atoms with E-state index in [9.17, 15) is 9.59 Å². The molecule has 17 heavy (non-hydrogen) atoms. The number of hydrogen-bond acceptors (Lipinski definition) is 4. The van der Waals surface area contributed by atoms with Crippen LogP contribution in [0.1, 0.15) is 23.2 Å². The van der Waals surface area contributed by atoms with Gasteiger partial charge in [0.25, 0.3) is 0 Å². The van der Waals surface area contributed by atoms with Crippen LogP contribution in [0.15, 0.2) is 11.4 Å². The van der Waals surface area contributed by atoms with Gasteiger partial charge in [-0.2, -0.15) is 0 Å². The first-order chi connectivity index (χ1) is 8.18. The highest BCUT2D eigenvalue weighted by Crippen LogP contribution is 2.25. The first kappa shape index (κ1) is 12.1. The second kappa shape index (κ2) is 5.29. The number of hydrogen-bond donors (Lipinski definition) is 2. The van der Waals surface area contributed by atoms with Crippen LogP contribution in [0.5, 0.6) is 0 Å². The fraction of sp³-hybridized carbons (Fsp3) is 0.455. The molecule has 2 N–H and O–H groups in total. The van der Waals surface area contributed by atoms with E-state index in [-0.39, 0.29) is 17.4 Å². The van der Waals surface area contributed by atoms with Crippen LogP contribution in [-0.2, 0) is 9.53 Å². The molecule has 1 saturated heterocycles. The summed E-state index contributed by atoms with van der Waals surface area (Å²) in [5, 5.41) is 13.7. The molecule has 0 aromatic carbocycles. The van der Waals surface area contributed by atoms with Gasteiger partial charge >= 0.3 is 5.97 Å². The lowest BCUT2D eigenvalue weighted by molar-refractivity contribution is -0.122. The molecule has 1 fully saturated rings. The number of aromatic carboxylic acids is 1. The van der Waals surface area contributed by atoms with Crippen LogP contribution in [0.25, 0.3) is 0 Å². The smallest absolute Gasteiger partial charge is 0.338 e. The van der Waals surface area contributed by atoms with Gasteiger partial charge in [-0.05, 0) is 24.3 Å². The molecular weight excluding hydrogens is 242 g/mol. The van der Waals surface area contributed by atoms with Crippen molar-refractivity contribution in [3.8, 4) is 0 Å². The van der Waals surface area contributed by atoms with E-state index in [4.69, 9.17) is 9.84 Å². The molecule has 1 aromatic rings. The monoisotopic (exact) mass is 255 g/mol. The maximum absolute atomic E-state index is 11.9. The Morgan fingerprint density at radius 1 is 1.41 bits per heavy atom. The van der Waals surface area contributed by atoms with Gasteiger partial charge in [-0.25, -0.2) is 4.79 Å². The molecule has 0 aliphatic carbocycles. The Balaban J connectivity index is 2.02. The van der Waals surface area contributed by atoms with Crippen molar-refractivity contribution in [3.05, 3.63) is 17.0 Å². The van der Waals surface area contributed by atoms with Gasteiger partial charge < -0.3 is 15.2 Å². The molecule has 2 heterocycles. The van der Waals surface area contributed by atoms with Crippen molar-refractivity contribution in [1.29, 1.82) is 0 Å². The van der Waals surface area contributed by atoms with Gasteiger partial charge in [0.15, 0.2) is 0 Å². The van der Waals surface area contributed by atoms with E-state index in [1.165, 1.54) is 17.4 Å². The Labute approximate surface area is 102 Å². The van der Waals surface area contributed by atoms with E-state index >= 15 is 0 Å². The largest absolute Gasteiger partial charge is 0.478 e. The van der Waals surface area contributed by atoms with Crippen molar-refractivity contribution >= 4 is 28.2 Å². The molecule has 0 unspecified atom stereocenters. The van der Waals surface area contributed by atoms with Gasteiger partial charge in [-0.15, -0.1) is 11.3 Å². The van der Waals surface area contributed by atoms with E-state index in [2.05, 4.69) is 5.32 Å². The fourth-order valence-corrected chi connectivity index (χ4v) is 2.53. The minimum absolute atomic E-state index is 0.0764. The van der Waals surface area contributed by atoms with Gasteiger partial charge in [0.05, 0.1) is 5.56 Å². The number of amides is 1. The first-order valence-corrected chi connectivity index (χ1v) is 6.26. The van der Waals surface area contributed by atoms with Crippen molar-refractivity contribution in [3.63, 3.8) is 0 Å². The molecular formula is C11H13NO4S. The normalized spacial score (nSPS) is 16.7. The average Bonchev–Trinajstić information content (AvgIpc) is 2.78. The summed E-state index contributed by atoms with van der Waals surface area (Å²) in [6, 6.07) is 1.49. The molecule has 0 atom stereocenters. The molecule has 0 bridgehead atoms. The molecule has 1 aliphatic heterocycles. The Kier molecular flexibility index (Phi) is 3.75. The number of ether oxygens (including phenoxy) is 1. The predicted molar refractivity (Wildman–Crippen MR) is 63.5 cm³/mol. The van der Waals surface area contributed by atoms with Crippen molar-refractivity contribution in [2.75, 3.05) is 18.5 Å². The summed E-state index contributed by atoms with van der Waals surface area (Å²) in [6.07, 6.45) is 1.39. The molecule has 1 aliphatic rings. The molecule has 0 radical (unpaired) electrons. The van der Waals surface area contributed by atoms with Crippen LogP contribution < -0.4 is 5.32 Å². The van der Waals surface area contributed by atoms with Gasteiger partial charge in [0.1, 0.15) is 5.00 Å². The third-order valence-corrected chi connectivity index (χ3v) is 3.55. The number of rotatable bonds is 3. The zero-order chi connectivity index (χ0) is 12.3. The number of nitrogens with one attached hydrogen (secondary N) is 1. The van der Waals surface area contributed by atoms with Gasteiger partial charge in [-0.1, -0.05) is 0 Å². The van der Waals surface area contributed by atoms with Crippen LogP contribution in [0, 0.1) is 5.92 Å². The summed E-state index contributed by atoms with van der Waals surface area (Å²) < 4.78 is 5.18. The maximum atomic E-state index is 11.9. The molecule has 2 rings (SSSR count). The molecule has 0 saturated carbocycles. The maximum Gasteiger partial charge on any atom is 0.338 e. The molecule has 1 aromatic heterocycles. The Hall–Kier alpha value is -1.40. The van der Waals surface area contributed by atoms with Crippen molar-refractivity contribution in [1.82, 2.24) is 0 Å². The topological polar surface area (TPSA) is 75.6 Å². The summed E-state index contributed by atoms with van der Waals surface area (Å²) in [5.74, 6) is -1.21. The Morgan fingerprint density at radius 2 is 2.12 bits per heavy atom. The van der Waals surface area contributed by atoms with Crippen molar-refractivity contribution < 1.29 is 19.4 Å². The van der Waals surface area contributed by atoms with Gasteiger partial charge in [0, 0.05) is 19.1 Å². The summed E-state index contributed by atoms with van der Waals surface area (Å²) >= 11 is 1.23. The van der Waals surface area contributed by atoms with E-state index in [1.54, 1.807) is 5.38 Å². The minimum Gasteiger partial charge on any atom is -0.478 e. The quantitative estimate of drug-likeness (QED) is 0.863. The molecule has 5 nitrogen and oxygen atoms in total. The SMILES string of the molecule is O=C(O)c1ccsc1NC(=O)C1CCOCC1. The van der Waals surface area contributed by atoms with Crippen LogP contribution in [-0.4, -0.2) is 30.2 Å². The van der Waals surface area contributed by atoms with Crippen molar-refractivity contribution in [2.24, 2.45) is 5.92 Å². The summed E-state index contributed by atoms with van der Waals surface area (Å²) in [5.41, 5.74) is 0.149. The van der Waals surface area contributed by atoms with Crippen LogP contribution in [0.4, 0.5) is 5.00 Å². The lowest BCUT2D eigenvalue weighted by Gasteiger charge is -2.20. The lowest BCUT2D eigenvalue weighted by Crippen LogP contribution is -2.28. The fourth-order valence-electron chi connectivity index (χ4n) is 1.75. The highest BCUT2D eigenvalue weighted by atomic mass is 32.1.